The zero-order valence-electron chi connectivity index (χ0n) is 37.9. The highest BCUT2D eigenvalue weighted by atomic mass is 32.2. The van der Waals surface area contributed by atoms with E-state index in [0.717, 1.165) is 80.8 Å². The number of thioether (sulfide) groups is 6. The lowest BCUT2D eigenvalue weighted by atomic mass is 10.3. The Kier molecular flexibility index (Phi) is 24.8. The highest BCUT2D eigenvalue weighted by Gasteiger charge is 2.31. The molecule has 2 saturated heterocycles. The molecule has 10 heterocycles. The first-order valence-electron chi connectivity index (χ1n) is 20.7. The number of carbonyl (C=O) groups excluding carboxylic acids is 4. The standard InChI is InChI=1S/2C8H10N2O2S.C6H6N2OS.C5H6O2.C4H6N2O3S.C4H4N2O2S.C4H7NO2S/c1-2-12-8(11)6-3-9-10-5-13-4-7(6)10;1-2-12-8(11)7-3-6-4-13-5-10(6)9-7;9-2-5-1-6-3-10-4-8(6)7-5;1-3-5(6)7-4-2;7-4(8)3-1-10-2-6(3)5-9;7-4-3-1-9-2-6(3)5-8-4;6-4(7)3-1-8-2-5-3/h2*3H,2,4-5H2,1H3;1-2H,3-4H2;1H,4H2,2H3;3H,1-2H2,(H,7,8);1-2H2;3,5H,1-2H2,(H,6,7). The third-order valence-electron chi connectivity index (χ3n) is 9.05. The molecule has 10 rings (SSSR count). The average molecular weight is 1090 g/mol. The number of rotatable bonds is 9. The number of fused-ring (bicyclic) bond motifs is 4. The second kappa shape index (κ2) is 30.4. The lowest BCUT2D eigenvalue weighted by Crippen LogP contribution is -2.33. The van der Waals surface area contributed by atoms with Crippen molar-refractivity contribution in [2.45, 2.75) is 79.4 Å². The van der Waals surface area contributed by atoms with Gasteiger partial charge in [0.15, 0.2) is 24.0 Å². The van der Waals surface area contributed by atoms with E-state index in [2.05, 4.69) is 46.9 Å². The van der Waals surface area contributed by atoms with Crippen LogP contribution in [0.15, 0.2) is 28.1 Å². The van der Waals surface area contributed by atoms with Gasteiger partial charge in [-0.2, -0.15) is 15.3 Å². The van der Waals surface area contributed by atoms with Crippen LogP contribution in [-0.4, -0.2) is 141 Å². The maximum atomic E-state index is 11.4. The van der Waals surface area contributed by atoms with Crippen molar-refractivity contribution in [3.63, 3.8) is 0 Å². The summed E-state index contributed by atoms with van der Waals surface area (Å²) in [6.45, 7) is 6.46. The highest BCUT2D eigenvalue weighted by Crippen LogP contribution is 2.27. The van der Waals surface area contributed by atoms with E-state index in [1.807, 2.05) is 31.9 Å². The number of aliphatic carboxylic acids is 2. The molecule has 6 aliphatic heterocycles. The Morgan fingerprint density at radius 1 is 0.871 bits per heavy atom. The fourth-order valence-electron chi connectivity index (χ4n) is 5.70. The number of nitrogens with zero attached hydrogens (tertiary/aromatic N) is 10. The summed E-state index contributed by atoms with van der Waals surface area (Å²) >= 11 is 10.0. The summed E-state index contributed by atoms with van der Waals surface area (Å²) in [5.74, 6) is 7.77. The van der Waals surface area contributed by atoms with Gasteiger partial charge in [-0.3, -0.25) is 29.0 Å². The predicted molar refractivity (Wildman–Crippen MR) is 259 cm³/mol. The van der Waals surface area contributed by atoms with E-state index in [1.54, 1.807) is 90.7 Å². The first-order valence-corrected chi connectivity index (χ1v) is 27.6. The fraction of sp³-hybridized carbons (Fsp3) is 0.513. The van der Waals surface area contributed by atoms with E-state index >= 15 is 0 Å². The number of terminal acetylenes is 1. The van der Waals surface area contributed by atoms with Gasteiger partial charge in [-0.05, 0) is 32.9 Å². The van der Waals surface area contributed by atoms with E-state index in [9.17, 15) is 38.8 Å². The minimum atomic E-state index is -0.982. The Morgan fingerprint density at radius 2 is 1.53 bits per heavy atom. The van der Waals surface area contributed by atoms with Gasteiger partial charge < -0.3 is 34.1 Å². The summed E-state index contributed by atoms with van der Waals surface area (Å²) < 4.78 is 25.6. The van der Waals surface area contributed by atoms with Crippen molar-refractivity contribution in [1.29, 1.82) is 0 Å². The van der Waals surface area contributed by atoms with Crippen LogP contribution in [0.5, 0.6) is 5.95 Å². The van der Waals surface area contributed by atoms with Crippen LogP contribution in [0.3, 0.4) is 0 Å². The van der Waals surface area contributed by atoms with Crippen molar-refractivity contribution < 1.29 is 67.5 Å². The van der Waals surface area contributed by atoms with E-state index in [1.165, 1.54) is 11.8 Å². The third-order valence-corrected chi connectivity index (χ3v) is 14.7. The number of esters is 3. The van der Waals surface area contributed by atoms with Crippen LogP contribution >= 0.6 is 70.6 Å². The number of aldehydes is 1. The molecule has 2 fully saturated rings. The zero-order valence-corrected chi connectivity index (χ0v) is 42.8. The van der Waals surface area contributed by atoms with E-state index in [0.29, 0.717) is 59.8 Å². The van der Waals surface area contributed by atoms with Gasteiger partial charge in [0.1, 0.15) is 17.3 Å². The molecule has 6 aliphatic rings. The van der Waals surface area contributed by atoms with Crippen molar-refractivity contribution >= 4 is 107 Å². The summed E-state index contributed by atoms with van der Waals surface area (Å²) in [6.07, 6.45) is 7.01. The summed E-state index contributed by atoms with van der Waals surface area (Å²) in [7, 11) is 0. The van der Waals surface area contributed by atoms with Crippen LogP contribution in [0.4, 0.5) is 0 Å². The quantitative estimate of drug-likeness (QED) is 0.0413. The van der Waals surface area contributed by atoms with E-state index in [4.69, 9.17) is 19.7 Å². The summed E-state index contributed by atoms with van der Waals surface area (Å²) in [5, 5.41) is 49.6. The van der Waals surface area contributed by atoms with Gasteiger partial charge in [0.2, 0.25) is 11.6 Å². The number of carboxylic acids is 2. The number of nitroso groups, excluding NO2 is 1. The number of nitrogens with one attached hydrogen (secondary N) is 1. The van der Waals surface area contributed by atoms with E-state index < -0.39 is 23.9 Å². The van der Waals surface area contributed by atoms with Gasteiger partial charge in [-0.1, -0.05) is 16.4 Å². The smallest absolute Gasteiger partial charge is 0.384 e. The van der Waals surface area contributed by atoms with Gasteiger partial charge in [-0.15, -0.1) is 70.1 Å². The molecular formula is C39H49N11O14S6. The molecule has 2 atom stereocenters. The Balaban J connectivity index is 0.000000179. The minimum absolute atomic E-state index is 0.258. The molecule has 0 radical (unpaired) electrons. The Labute approximate surface area is 425 Å². The van der Waals surface area contributed by atoms with Gasteiger partial charge in [0.05, 0.1) is 82.9 Å². The van der Waals surface area contributed by atoms with Crippen LogP contribution in [-0.2, 0) is 75.1 Å². The van der Waals surface area contributed by atoms with E-state index in [-0.39, 0.29) is 23.9 Å². The molecule has 0 aliphatic carbocycles. The second-order valence-corrected chi connectivity index (χ2v) is 19.6. The number of hydrogen-bond donors (Lipinski definition) is 3. The molecule has 4 aromatic rings. The van der Waals surface area contributed by atoms with Crippen LogP contribution < -0.4 is 15.1 Å². The van der Waals surface area contributed by atoms with Gasteiger partial charge >= 0.3 is 29.8 Å². The van der Waals surface area contributed by atoms with Gasteiger partial charge in [0.25, 0.3) is 0 Å². The number of hydrogen-bond acceptors (Lipinski definition) is 24. The van der Waals surface area contributed by atoms with Crippen molar-refractivity contribution in [2.75, 3.05) is 43.1 Å². The number of ether oxygens (including phenoxy) is 3. The van der Waals surface area contributed by atoms with Crippen molar-refractivity contribution in [3.8, 4) is 18.3 Å². The third kappa shape index (κ3) is 17.5. The molecular weight excluding hydrogens is 1040 g/mol. The average Bonchev–Trinajstić information content (AvgIpc) is 4.18. The van der Waals surface area contributed by atoms with Crippen molar-refractivity contribution in [1.82, 2.24) is 44.9 Å². The lowest BCUT2D eigenvalue weighted by molar-refractivity contribution is -0.745. The Hall–Kier alpha value is -5.39. The van der Waals surface area contributed by atoms with Crippen molar-refractivity contribution in [2.24, 2.45) is 5.29 Å². The number of carbonyl (C=O) groups is 6. The lowest BCUT2D eigenvalue weighted by Gasteiger charge is -2.10. The summed E-state index contributed by atoms with van der Waals surface area (Å²) in [5.41, 5.74) is 5.53. The molecule has 0 saturated carbocycles. The predicted octanol–water partition coefficient (Wildman–Crippen LogP) is 2.71. The molecule has 3 N–H and O–H groups in total. The molecule has 2 unspecified atom stereocenters. The molecule has 25 nitrogen and oxygen atoms in total. The number of aromatic nitrogens is 8. The summed E-state index contributed by atoms with van der Waals surface area (Å²) in [6, 6.07) is 2.62. The molecule has 0 amide bonds. The molecule has 0 bridgehead atoms. The molecule has 0 aromatic carbocycles. The monoisotopic (exact) mass is 1090 g/mol. The molecule has 70 heavy (non-hydrogen) atoms. The zero-order chi connectivity index (χ0) is 51.0. The van der Waals surface area contributed by atoms with Crippen LogP contribution in [0.2, 0.25) is 0 Å². The van der Waals surface area contributed by atoms with Crippen molar-refractivity contribution in [3.05, 3.63) is 63.0 Å². The minimum Gasteiger partial charge on any atom is -0.539 e. The molecule has 31 heteroatoms. The first-order chi connectivity index (χ1) is 33.8. The first kappa shape index (κ1) is 57.2. The highest BCUT2D eigenvalue weighted by molar-refractivity contribution is 8.00. The fourth-order valence-corrected chi connectivity index (χ4v) is 11.5. The summed E-state index contributed by atoms with van der Waals surface area (Å²) in [4.78, 5) is 73.2. The van der Waals surface area contributed by atoms with Crippen LogP contribution in [0, 0.1) is 17.3 Å². The SMILES string of the molecule is C#CC(=O)OCC.CCOC(=O)c1cc2n(n1)CSC2.CCOC(=O)c1cnn2c1CSC2.O=C(O)C1CSCN1.O=Cc1cc2n(n1)CSC2.O=NN1CSCC1C(=O)O.[O-]c1on[n+]2c1CSC2. The van der Waals surface area contributed by atoms with Gasteiger partial charge in [-0.25, -0.2) is 24.2 Å². The van der Waals surface area contributed by atoms with Gasteiger partial charge in [0, 0.05) is 40.6 Å². The Bertz CT molecular complexity index is 2390. The molecule has 4 aromatic heterocycles. The van der Waals surface area contributed by atoms with Crippen LogP contribution in [0.25, 0.3) is 0 Å². The maximum Gasteiger partial charge on any atom is 0.384 e. The van der Waals surface area contributed by atoms with Crippen LogP contribution in [0.1, 0.15) is 74.9 Å². The second-order valence-electron chi connectivity index (χ2n) is 13.7. The topological polar surface area (TPSA) is 322 Å². The molecule has 0 spiro atoms. The normalized spacial score (nSPS) is 17.0. The Morgan fingerprint density at radius 3 is 2.06 bits per heavy atom. The number of carboxylic acid groups (broad SMARTS) is 2. The maximum absolute atomic E-state index is 11.4. The largest absolute Gasteiger partial charge is 0.539 e. The molecule has 380 valence electrons.